The first-order valence-corrected chi connectivity index (χ1v) is 7.53. The Morgan fingerprint density at radius 2 is 2.00 bits per heavy atom. The van der Waals surface area contributed by atoms with Crippen LogP contribution in [0.15, 0.2) is 41.3 Å². The number of nitriles is 1. The van der Waals surface area contributed by atoms with Crippen LogP contribution in [-0.2, 0) is 5.75 Å². The largest absolute Gasteiger partial charge is 0.495 e. The smallest absolute Gasteiger partial charge is 0.136 e. The molecule has 102 valence electrons. The molecule has 2 aromatic rings. The highest BCUT2D eigenvalue weighted by atomic mass is 35.5. The van der Waals surface area contributed by atoms with Crippen LogP contribution in [0.5, 0.6) is 5.75 Å². The van der Waals surface area contributed by atoms with Crippen molar-refractivity contribution in [3.8, 4) is 11.8 Å². The first kappa shape index (κ1) is 15.1. The summed E-state index contributed by atoms with van der Waals surface area (Å²) in [6.07, 6.45) is 0. The van der Waals surface area contributed by atoms with E-state index in [-0.39, 0.29) is 0 Å². The Labute approximate surface area is 132 Å². The van der Waals surface area contributed by atoms with E-state index in [1.807, 2.05) is 18.2 Å². The monoisotopic (exact) mass is 323 g/mol. The second kappa shape index (κ2) is 6.90. The van der Waals surface area contributed by atoms with Crippen molar-refractivity contribution in [3.05, 3.63) is 57.6 Å². The number of nitrogens with zero attached hydrogens (tertiary/aromatic N) is 1. The van der Waals surface area contributed by atoms with E-state index >= 15 is 0 Å². The molecule has 0 N–H and O–H groups in total. The van der Waals surface area contributed by atoms with Gasteiger partial charge in [0.05, 0.1) is 17.7 Å². The van der Waals surface area contributed by atoms with Gasteiger partial charge < -0.3 is 4.74 Å². The van der Waals surface area contributed by atoms with E-state index in [1.54, 1.807) is 37.1 Å². The summed E-state index contributed by atoms with van der Waals surface area (Å²) in [6.45, 7) is 0. The quantitative estimate of drug-likeness (QED) is 0.728. The molecule has 0 aliphatic carbocycles. The van der Waals surface area contributed by atoms with Gasteiger partial charge in [0.25, 0.3) is 0 Å². The summed E-state index contributed by atoms with van der Waals surface area (Å²) in [4.78, 5) is 0.925. The third-order valence-corrected chi connectivity index (χ3v) is 4.48. The number of hydrogen-bond donors (Lipinski definition) is 0. The van der Waals surface area contributed by atoms with Crippen molar-refractivity contribution in [3.63, 3.8) is 0 Å². The van der Waals surface area contributed by atoms with Gasteiger partial charge in [-0.15, -0.1) is 11.8 Å². The number of rotatable bonds is 4. The first-order valence-electron chi connectivity index (χ1n) is 5.79. The summed E-state index contributed by atoms with van der Waals surface area (Å²) in [7, 11) is 1.55. The van der Waals surface area contributed by atoms with Gasteiger partial charge >= 0.3 is 0 Å². The van der Waals surface area contributed by atoms with Gasteiger partial charge in [0.2, 0.25) is 0 Å². The summed E-state index contributed by atoms with van der Waals surface area (Å²) in [6, 6.07) is 13.1. The van der Waals surface area contributed by atoms with Crippen LogP contribution in [0, 0.1) is 11.3 Å². The molecule has 0 fully saturated rings. The molecule has 2 nitrogen and oxygen atoms in total. The summed E-state index contributed by atoms with van der Waals surface area (Å²) in [5, 5.41) is 10.4. The fourth-order valence-electron chi connectivity index (χ4n) is 1.68. The molecular formula is C15H11Cl2NOS. The van der Waals surface area contributed by atoms with Crippen LogP contribution in [0.25, 0.3) is 0 Å². The van der Waals surface area contributed by atoms with Gasteiger partial charge in [-0.25, -0.2) is 0 Å². The van der Waals surface area contributed by atoms with Crippen molar-refractivity contribution >= 4 is 35.0 Å². The minimum absolute atomic E-state index is 0.530. The molecule has 5 heteroatoms. The molecule has 0 radical (unpaired) electrons. The van der Waals surface area contributed by atoms with E-state index in [0.29, 0.717) is 27.1 Å². The average Bonchev–Trinajstić information content (AvgIpc) is 2.47. The average molecular weight is 324 g/mol. The van der Waals surface area contributed by atoms with E-state index in [1.165, 1.54) is 0 Å². The molecule has 0 aromatic heterocycles. The van der Waals surface area contributed by atoms with Crippen molar-refractivity contribution in [2.45, 2.75) is 10.6 Å². The maximum atomic E-state index is 9.06. The van der Waals surface area contributed by atoms with E-state index in [9.17, 15) is 0 Å². The molecular weight excluding hydrogens is 313 g/mol. The fourth-order valence-corrected chi connectivity index (χ4v) is 3.12. The Morgan fingerprint density at radius 3 is 2.70 bits per heavy atom. The molecule has 2 rings (SSSR count). The third kappa shape index (κ3) is 3.61. The van der Waals surface area contributed by atoms with Gasteiger partial charge in [-0.05, 0) is 35.9 Å². The first-order chi connectivity index (χ1) is 9.63. The molecule has 20 heavy (non-hydrogen) atoms. The number of hydrogen-bond acceptors (Lipinski definition) is 3. The summed E-state index contributed by atoms with van der Waals surface area (Å²) < 4.78 is 5.12. The van der Waals surface area contributed by atoms with Crippen LogP contribution in [-0.4, -0.2) is 7.11 Å². The number of halogens is 2. The predicted molar refractivity (Wildman–Crippen MR) is 83.7 cm³/mol. The zero-order chi connectivity index (χ0) is 14.5. The molecule has 0 aliphatic heterocycles. The van der Waals surface area contributed by atoms with E-state index in [2.05, 4.69) is 6.07 Å². The highest BCUT2D eigenvalue weighted by Crippen LogP contribution is 2.32. The zero-order valence-corrected chi connectivity index (χ0v) is 13.0. The standard InChI is InChI=1S/C15H11Cl2NOS/c1-19-14-5-2-10(6-11(14)8-18)9-20-15-7-12(16)3-4-13(15)17/h2-7H,9H2,1H3. The molecule has 0 unspecified atom stereocenters. The number of thioether (sulfide) groups is 1. The molecule has 0 heterocycles. The number of ether oxygens (including phenoxy) is 1. The van der Waals surface area contributed by atoms with Crippen LogP contribution in [0.4, 0.5) is 0 Å². The molecule has 0 aliphatic rings. The van der Waals surface area contributed by atoms with Crippen molar-refractivity contribution in [2.24, 2.45) is 0 Å². The maximum Gasteiger partial charge on any atom is 0.136 e. The Kier molecular flexibility index (Phi) is 5.19. The van der Waals surface area contributed by atoms with Crippen molar-refractivity contribution in [1.82, 2.24) is 0 Å². The third-order valence-electron chi connectivity index (χ3n) is 2.67. The van der Waals surface area contributed by atoms with Gasteiger partial charge in [-0.1, -0.05) is 29.3 Å². The SMILES string of the molecule is COc1ccc(CSc2cc(Cl)ccc2Cl)cc1C#N. The maximum absolute atomic E-state index is 9.06. The van der Waals surface area contributed by atoms with Crippen LogP contribution in [0.2, 0.25) is 10.0 Å². The summed E-state index contributed by atoms with van der Waals surface area (Å²) in [5.41, 5.74) is 1.56. The van der Waals surface area contributed by atoms with Gasteiger partial charge in [0.15, 0.2) is 0 Å². The summed E-state index contributed by atoms with van der Waals surface area (Å²) in [5.74, 6) is 1.29. The highest BCUT2D eigenvalue weighted by Gasteiger charge is 2.06. The Bertz CT molecular complexity index is 667. The highest BCUT2D eigenvalue weighted by molar-refractivity contribution is 7.98. The van der Waals surface area contributed by atoms with E-state index < -0.39 is 0 Å². The molecule has 0 saturated carbocycles. The van der Waals surface area contributed by atoms with Crippen LogP contribution in [0.1, 0.15) is 11.1 Å². The second-order valence-electron chi connectivity index (χ2n) is 4.01. The van der Waals surface area contributed by atoms with Gasteiger partial charge in [-0.2, -0.15) is 5.26 Å². The Hall–Kier alpha value is -1.34. The van der Waals surface area contributed by atoms with Crippen molar-refractivity contribution in [2.75, 3.05) is 7.11 Å². The van der Waals surface area contributed by atoms with Crippen LogP contribution < -0.4 is 4.74 Å². The molecule has 0 saturated heterocycles. The molecule has 0 spiro atoms. The lowest BCUT2D eigenvalue weighted by atomic mass is 10.1. The van der Waals surface area contributed by atoms with Gasteiger partial charge in [0, 0.05) is 15.7 Å². The number of benzene rings is 2. The van der Waals surface area contributed by atoms with Crippen molar-refractivity contribution in [1.29, 1.82) is 5.26 Å². The second-order valence-corrected chi connectivity index (χ2v) is 5.87. The molecule has 0 bridgehead atoms. The van der Waals surface area contributed by atoms with E-state index in [0.717, 1.165) is 10.5 Å². The Morgan fingerprint density at radius 1 is 1.20 bits per heavy atom. The van der Waals surface area contributed by atoms with E-state index in [4.69, 9.17) is 33.2 Å². The zero-order valence-electron chi connectivity index (χ0n) is 10.7. The van der Waals surface area contributed by atoms with Crippen LogP contribution in [0.3, 0.4) is 0 Å². The fraction of sp³-hybridized carbons (Fsp3) is 0.133. The predicted octanol–water partition coefficient (Wildman–Crippen LogP) is 5.17. The molecule has 0 atom stereocenters. The Balaban J connectivity index is 2.15. The van der Waals surface area contributed by atoms with Gasteiger partial charge in [0.1, 0.15) is 11.8 Å². The summed E-state index contributed by atoms with van der Waals surface area (Å²) >= 11 is 13.7. The topological polar surface area (TPSA) is 33.0 Å². The lowest BCUT2D eigenvalue weighted by molar-refractivity contribution is 0.413. The lowest BCUT2D eigenvalue weighted by Crippen LogP contribution is -1.90. The van der Waals surface area contributed by atoms with Crippen molar-refractivity contribution < 1.29 is 4.74 Å². The molecule has 0 amide bonds. The lowest BCUT2D eigenvalue weighted by Gasteiger charge is -2.07. The molecule has 2 aromatic carbocycles. The van der Waals surface area contributed by atoms with Crippen LogP contribution >= 0.6 is 35.0 Å². The minimum atomic E-state index is 0.530. The number of methoxy groups -OCH3 is 1. The minimum Gasteiger partial charge on any atom is -0.495 e. The van der Waals surface area contributed by atoms with Gasteiger partial charge in [-0.3, -0.25) is 0 Å². The normalized spacial score (nSPS) is 10.1.